The minimum absolute atomic E-state index is 0.0864. The summed E-state index contributed by atoms with van der Waals surface area (Å²) >= 11 is 0. The number of aryl methyl sites for hydroxylation is 1. The van der Waals surface area contributed by atoms with Gasteiger partial charge in [-0.15, -0.1) is 0 Å². The Morgan fingerprint density at radius 2 is 1.61 bits per heavy atom. The number of fused-ring (bicyclic) bond motifs is 1. The van der Waals surface area contributed by atoms with Crippen molar-refractivity contribution in [3.8, 4) is 17.2 Å². The monoisotopic (exact) mass is 374 g/mol. The van der Waals surface area contributed by atoms with Crippen molar-refractivity contribution in [2.75, 3.05) is 0 Å². The van der Waals surface area contributed by atoms with Crippen molar-refractivity contribution < 1.29 is 14.9 Å². The SMILES string of the molecule is CC[C@@H]1C(Cc2ccccc2C)c2cc(O)ccc2OC1c1ccc(O)cc1. The Morgan fingerprint density at radius 3 is 2.32 bits per heavy atom. The highest BCUT2D eigenvalue weighted by molar-refractivity contribution is 5.46. The van der Waals surface area contributed by atoms with E-state index >= 15 is 0 Å². The maximum Gasteiger partial charge on any atom is 0.127 e. The summed E-state index contributed by atoms with van der Waals surface area (Å²) < 4.78 is 6.42. The number of benzene rings is 3. The number of rotatable bonds is 4. The van der Waals surface area contributed by atoms with Crippen molar-refractivity contribution in [3.63, 3.8) is 0 Å². The van der Waals surface area contributed by atoms with Crippen molar-refractivity contribution in [1.82, 2.24) is 0 Å². The number of aromatic hydroxyl groups is 2. The molecule has 0 bridgehead atoms. The zero-order valence-electron chi connectivity index (χ0n) is 16.3. The Bertz CT molecular complexity index is 962. The highest BCUT2D eigenvalue weighted by atomic mass is 16.5. The first-order valence-electron chi connectivity index (χ1n) is 9.89. The van der Waals surface area contributed by atoms with E-state index in [0.29, 0.717) is 0 Å². The second-order valence-corrected chi connectivity index (χ2v) is 7.66. The molecule has 0 spiro atoms. The summed E-state index contributed by atoms with van der Waals surface area (Å²) in [5.41, 5.74) is 4.75. The van der Waals surface area contributed by atoms with Gasteiger partial charge in [-0.25, -0.2) is 0 Å². The molecular weight excluding hydrogens is 348 g/mol. The lowest BCUT2D eigenvalue weighted by Gasteiger charge is -2.40. The number of hydrogen-bond donors (Lipinski definition) is 2. The molecule has 0 saturated carbocycles. The lowest BCUT2D eigenvalue weighted by molar-refractivity contribution is 0.0879. The Balaban J connectivity index is 1.79. The van der Waals surface area contributed by atoms with Gasteiger partial charge in [0, 0.05) is 11.5 Å². The van der Waals surface area contributed by atoms with Gasteiger partial charge in [0.05, 0.1) is 0 Å². The van der Waals surface area contributed by atoms with Crippen LogP contribution in [0, 0.1) is 12.8 Å². The summed E-state index contributed by atoms with van der Waals surface area (Å²) in [7, 11) is 0. The smallest absolute Gasteiger partial charge is 0.127 e. The van der Waals surface area contributed by atoms with E-state index in [9.17, 15) is 10.2 Å². The first-order chi connectivity index (χ1) is 13.6. The number of phenolic OH excluding ortho intramolecular Hbond substituents is 2. The van der Waals surface area contributed by atoms with Gasteiger partial charge in [0.15, 0.2) is 0 Å². The van der Waals surface area contributed by atoms with E-state index < -0.39 is 0 Å². The first-order valence-corrected chi connectivity index (χ1v) is 9.89. The summed E-state index contributed by atoms with van der Waals surface area (Å²) in [5.74, 6) is 1.86. The molecule has 0 aliphatic carbocycles. The van der Waals surface area contributed by atoms with E-state index in [2.05, 4.69) is 38.1 Å². The highest BCUT2D eigenvalue weighted by Crippen LogP contribution is 2.50. The summed E-state index contributed by atoms with van der Waals surface area (Å²) in [6.07, 6.45) is 1.77. The molecule has 3 aromatic carbocycles. The molecule has 3 heteroatoms. The minimum atomic E-state index is -0.0864. The van der Waals surface area contributed by atoms with Gasteiger partial charge in [-0.1, -0.05) is 43.3 Å². The van der Waals surface area contributed by atoms with Crippen LogP contribution in [-0.4, -0.2) is 10.2 Å². The van der Waals surface area contributed by atoms with Gasteiger partial charge in [-0.2, -0.15) is 0 Å². The predicted octanol–water partition coefficient (Wildman–Crippen LogP) is 5.89. The molecule has 2 unspecified atom stereocenters. The summed E-state index contributed by atoms with van der Waals surface area (Å²) in [6.45, 7) is 4.34. The van der Waals surface area contributed by atoms with E-state index in [1.807, 2.05) is 24.3 Å². The fraction of sp³-hybridized carbons (Fsp3) is 0.280. The molecule has 1 aliphatic rings. The summed E-state index contributed by atoms with van der Waals surface area (Å²) in [5, 5.41) is 19.8. The molecule has 0 fully saturated rings. The lowest BCUT2D eigenvalue weighted by Crippen LogP contribution is -2.31. The van der Waals surface area contributed by atoms with Gasteiger partial charge >= 0.3 is 0 Å². The van der Waals surface area contributed by atoms with E-state index in [0.717, 1.165) is 29.7 Å². The average molecular weight is 374 g/mol. The Kier molecular flexibility index (Phi) is 4.99. The maximum absolute atomic E-state index is 10.1. The van der Waals surface area contributed by atoms with Crippen LogP contribution >= 0.6 is 0 Å². The molecule has 144 valence electrons. The molecule has 3 atom stereocenters. The van der Waals surface area contributed by atoms with Crippen LogP contribution in [0.1, 0.15) is 47.6 Å². The standard InChI is InChI=1S/C25H26O3/c1-3-21-22(14-18-7-5-4-6-16(18)2)23-15-20(27)12-13-24(23)28-25(21)17-8-10-19(26)11-9-17/h4-13,15,21-22,25-27H,3,14H2,1-2H3/t21-,22?,25?/m1/s1. The third kappa shape index (κ3) is 3.45. The molecule has 3 aromatic rings. The first kappa shape index (κ1) is 18.4. The Labute approximate surface area is 166 Å². The zero-order chi connectivity index (χ0) is 19.7. The lowest BCUT2D eigenvalue weighted by atomic mass is 9.73. The second kappa shape index (κ2) is 7.59. The van der Waals surface area contributed by atoms with Crippen LogP contribution in [0.15, 0.2) is 66.7 Å². The molecule has 28 heavy (non-hydrogen) atoms. The zero-order valence-corrected chi connectivity index (χ0v) is 16.3. The second-order valence-electron chi connectivity index (χ2n) is 7.66. The van der Waals surface area contributed by atoms with Crippen LogP contribution in [0.25, 0.3) is 0 Å². The van der Waals surface area contributed by atoms with E-state index in [1.165, 1.54) is 11.1 Å². The van der Waals surface area contributed by atoms with E-state index in [-0.39, 0.29) is 29.4 Å². The quantitative estimate of drug-likeness (QED) is 0.598. The third-order valence-corrected chi connectivity index (χ3v) is 5.95. The summed E-state index contributed by atoms with van der Waals surface area (Å²) in [4.78, 5) is 0. The minimum Gasteiger partial charge on any atom is -0.508 e. The maximum atomic E-state index is 10.1. The van der Waals surface area contributed by atoms with Crippen LogP contribution in [0.3, 0.4) is 0 Å². The van der Waals surface area contributed by atoms with Crippen molar-refractivity contribution in [3.05, 3.63) is 89.0 Å². The van der Waals surface area contributed by atoms with Gasteiger partial charge < -0.3 is 14.9 Å². The molecule has 2 N–H and O–H groups in total. The van der Waals surface area contributed by atoms with Gasteiger partial charge in [0.2, 0.25) is 0 Å². The molecule has 1 aliphatic heterocycles. The third-order valence-electron chi connectivity index (χ3n) is 5.95. The van der Waals surface area contributed by atoms with Crippen molar-refractivity contribution in [2.24, 2.45) is 5.92 Å². The Morgan fingerprint density at radius 1 is 0.893 bits per heavy atom. The average Bonchev–Trinajstić information content (AvgIpc) is 2.70. The van der Waals surface area contributed by atoms with Crippen LogP contribution < -0.4 is 4.74 Å². The summed E-state index contributed by atoms with van der Waals surface area (Å²) in [6, 6.07) is 21.2. The molecule has 0 radical (unpaired) electrons. The normalized spacial score (nSPS) is 21.0. The van der Waals surface area contributed by atoms with Gasteiger partial charge in [0.25, 0.3) is 0 Å². The van der Waals surface area contributed by atoms with Crippen molar-refractivity contribution >= 4 is 0 Å². The Hall–Kier alpha value is -2.94. The van der Waals surface area contributed by atoms with E-state index in [4.69, 9.17) is 4.74 Å². The topological polar surface area (TPSA) is 49.7 Å². The number of hydrogen-bond acceptors (Lipinski definition) is 3. The van der Waals surface area contributed by atoms with Gasteiger partial charge in [-0.05, 0) is 72.7 Å². The van der Waals surface area contributed by atoms with Crippen LogP contribution in [0.2, 0.25) is 0 Å². The van der Waals surface area contributed by atoms with Gasteiger partial charge in [0.1, 0.15) is 23.4 Å². The highest BCUT2D eigenvalue weighted by Gasteiger charge is 2.38. The molecule has 0 saturated heterocycles. The molecule has 0 amide bonds. The fourth-order valence-corrected chi connectivity index (χ4v) is 4.41. The van der Waals surface area contributed by atoms with Crippen molar-refractivity contribution in [2.45, 2.75) is 38.7 Å². The molecular formula is C25H26O3. The molecule has 1 heterocycles. The largest absolute Gasteiger partial charge is 0.508 e. The van der Waals surface area contributed by atoms with Crippen LogP contribution in [0.4, 0.5) is 0 Å². The van der Waals surface area contributed by atoms with E-state index in [1.54, 1.807) is 18.2 Å². The van der Waals surface area contributed by atoms with Crippen LogP contribution in [0.5, 0.6) is 17.2 Å². The number of phenols is 2. The van der Waals surface area contributed by atoms with Crippen molar-refractivity contribution in [1.29, 1.82) is 0 Å². The molecule has 3 nitrogen and oxygen atoms in total. The number of ether oxygens (including phenoxy) is 1. The molecule has 0 aromatic heterocycles. The predicted molar refractivity (Wildman–Crippen MR) is 111 cm³/mol. The van der Waals surface area contributed by atoms with Crippen LogP contribution in [-0.2, 0) is 6.42 Å². The fourth-order valence-electron chi connectivity index (χ4n) is 4.41. The molecule has 4 rings (SSSR count). The van der Waals surface area contributed by atoms with Gasteiger partial charge in [-0.3, -0.25) is 0 Å².